The van der Waals surface area contributed by atoms with Gasteiger partial charge < -0.3 is 15.5 Å². The summed E-state index contributed by atoms with van der Waals surface area (Å²) in [6.45, 7) is 0.942. The number of likely N-dealkylation sites (tertiary alicyclic amines) is 1. The Morgan fingerprint density at radius 3 is 2.64 bits per heavy atom. The minimum atomic E-state index is -4.51. The summed E-state index contributed by atoms with van der Waals surface area (Å²) in [6, 6.07) is 1.07. The fourth-order valence-corrected chi connectivity index (χ4v) is 3.94. The van der Waals surface area contributed by atoms with E-state index in [9.17, 15) is 22.8 Å². The van der Waals surface area contributed by atoms with Crippen molar-refractivity contribution >= 4 is 29.2 Å². The highest BCUT2D eigenvalue weighted by Crippen LogP contribution is 2.32. The van der Waals surface area contributed by atoms with Gasteiger partial charge in [0.2, 0.25) is 11.8 Å². The number of amides is 2. The average molecular weight is 419 g/mol. The number of anilines is 1. The number of halogens is 4. The molecular weight excluding hydrogens is 397 g/mol. The van der Waals surface area contributed by atoms with Crippen molar-refractivity contribution in [1.82, 2.24) is 15.2 Å². The zero-order valence-electron chi connectivity index (χ0n) is 15.2. The van der Waals surface area contributed by atoms with Crippen molar-refractivity contribution in [2.45, 2.75) is 44.3 Å². The lowest BCUT2D eigenvalue weighted by Crippen LogP contribution is -2.38. The molecule has 3 rings (SSSR count). The molecule has 0 bridgehead atoms. The first kappa shape index (κ1) is 20.7. The minimum Gasteiger partial charge on any atom is -0.367 e. The molecule has 2 N–H and O–H groups in total. The van der Waals surface area contributed by atoms with E-state index >= 15 is 0 Å². The molecule has 0 aromatic carbocycles. The van der Waals surface area contributed by atoms with Crippen molar-refractivity contribution in [3.05, 3.63) is 22.8 Å². The standard InChI is InChI=1S/C18H22ClF3N4O2/c19-14-8-12(18(20,21)22)9-25-16(14)23-5-6-24-17(28)11-7-15(27)26(10-11)13-3-1-2-4-13/h8-9,11,13H,1-7,10H2,(H,23,25)(H,24,28). The van der Waals surface area contributed by atoms with E-state index in [2.05, 4.69) is 15.6 Å². The molecule has 1 atom stereocenters. The van der Waals surface area contributed by atoms with Crippen LogP contribution in [0.5, 0.6) is 0 Å². The molecule has 0 radical (unpaired) electrons. The Morgan fingerprint density at radius 2 is 2.00 bits per heavy atom. The van der Waals surface area contributed by atoms with Crippen LogP contribution in [0.25, 0.3) is 0 Å². The number of pyridine rings is 1. The number of rotatable bonds is 6. The van der Waals surface area contributed by atoms with E-state index in [0.717, 1.165) is 31.7 Å². The van der Waals surface area contributed by atoms with Gasteiger partial charge >= 0.3 is 6.18 Å². The van der Waals surface area contributed by atoms with Crippen LogP contribution in [0.15, 0.2) is 12.3 Å². The van der Waals surface area contributed by atoms with Crippen LogP contribution in [0, 0.1) is 5.92 Å². The van der Waals surface area contributed by atoms with Crippen molar-refractivity contribution in [2.24, 2.45) is 5.92 Å². The fourth-order valence-electron chi connectivity index (χ4n) is 3.71. The molecule has 1 saturated heterocycles. The lowest BCUT2D eigenvalue weighted by atomic mass is 10.1. The predicted octanol–water partition coefficient (Wildman–Crippen LogP) is 3.07. The molecule has 1 unspecified atom stereocenters. The van der Waals surface area contributed by atoms with Gasteiger partial charge in [-0.05, 0) is 18.9 Å². The van der Waals surface area contributed by atoms with Gasteiger partial charge in [-0.3, -0.25) is 9.59 Å². The normalized spacial score (nSPS) is 20.6. The Balaban J connectivity index is 1.43. The van der Waals surface area contributed by atoms with Crippen LogP contribution >= 0.6 is 11.6 Å². The molecule has 1 aromatic rings. The Bertz CT molecular complexity index is 738. The maximum atomic E-state index is 12.6. The van der Waals surface area contributed by atoms with Crippen LogP contribution in [0.4, 0.5) is 19.0 Å². The smallest absolute Gasteiger partial charge is 0.367 e. The van der Waals surface area contributed by atoms with Crippen molar-refractivity contribution in [3.8, 4) is 0 Å². The number of carbonyl (C=O) groups is 2. The van der Waals surface area contributed by atoms with E-state index in [4.69, 9.17) is 11.6 Å². The summed E-state index contributed by atoms with van der Waals surface area (Å²) in [5.41, 5.74) is -0.922. The quantitative estimate of drug-likeness (QED) is 0.696. The highest BCUT2D eigenvalue weighted by Gasteiger charge is 2.38. The Morgan fingerprint density at radius 1 is 1.29 bits per heavy atom. The topological polar surface area (TPSA) is 74.3 Å². The van der Waals surface area contributed by atoms with Crippen LogP contribution in [0.3, 0.4) is 0 Å². The maximum Gasteiger partial charge on any atom is 0.417 e. The van der Waals surface area contributed by atoms with E-state index in [1.165, 1.54) is 0 Å². The molecule has 1 aliphatic carbocycles. The summed E-state index contributed by atoms with van der Waals surface area (Å²) in [5.74, 6) is -0.402. The molecule has 2 heterocycles. The first-order chi connectivity index (χ1) is 13.3. The van der Waals surface area contributed by atoms with Gasteiger partial charge in [-0.1, -0.05) is 24.4 Å². The summed E-state index contributed by atoms with van der Waals surface area (Å²) < 4.78 is 37.8. The first-order valence-electron chi connectivity index (χ1n) is 9.29. The third-order valence-corrected chi connectivity index (χ3v) is 5.47. The van der Waals surface area contributed by atoms with Crippen LogP contribution < -0.4 is 10.6 Å². The lowest BCUT2D eigenvalue weighted by molar-refractivity contribution is -0.137. The maximum absolute atomic E-state index is 12.6. The molecule has 6 nitrogen and oxygen atoms in total. The SMILES string of the molecule is O=C(NCCNc1ncc(C(F)(F)F)cc1Cl)C1CC(=O)N(C2CCCC2)C1. The monoisotopic (exact) mass is 418 g/mol. The third-order valence-electron chi connectivity index (χ3n) is 5.18. The van der Waals surface area contributed by atoms with Gasteiger partial charge in [-0.2, -0.15) is 13.2 Å². The molecule has 2 amide bonds. The van der Waals surface area contributed by atoms with E-state index in [0.29, 0.717) is 12.7 Å². The minimum absolute atomic E-state index is 0.0333. The van der Waals surface area contributed by atoms with Gasteiger partial charge in [0.25, 0.3) is 0 Å². The van der Waals surface area contributed by atoms with E-state index < -0.39 is 11.7 Å². The van der Waals surface area contributed by atoms with Crippen molar-refractivity contribution < 1.29 is 22.8 Å². The molecular formula is C18H22ClF3N4O2. The number of hydrogen-bond acceptors (Lipinski definition) is 4. The highest BCUT2D eigenvalue weighted by atomic mass is 35.5. The molecule has 1 aromatic heterocycles. The molecule has 154 valence electrons. The number of carbonyl (C=O) groups excluding carboxylic acids is 2. The van der Waals surface area contributed by atoms with Gasteiger partial charge in [-0.25, -0.2) is 4.98 Å². The van der Waals surface area contributed by atoms with Gasteiger partial charge in [0.05, 0.1) is 16.5 Å². The lowest BCUT2D eigenvalue weighted by Gasteiger charge is -2.23. The van der Waals surface area contributed by atoms with Crippen LogP contribution in [0.2, 0.25) is 5.02 Å². The molecule has 28 heavy (non-hydrogen) atoms. The number of hydrogen-bond donors (Lipinski definition) is 2. The summed E-state index contributed by atoms with van der Waals surface area (Å²) in [6.07, 6.45) is 0.676. The number of nitrogens with one attached hydrogen (secondary N) is 2. The molecule has 2 fully saturated rings. The molecule has 2 aliphatic rings. The second-order valence-corrected chi connectivity index (χ2v) is 7.56. The Labute approximate surface area is 165 Å². The van der Waals surface area contributed by atoms with Crippen molar-refractivity contribution in [2.75, 3.05) is 25.0 Å². The van der Waals surface area contributed by atoms with E-state index in [1.807, 2.05) is 4.90 Å². The molecule has 1 aliphatic heterocycles. The number of aromatic nitrogens is 1. The zero-order valence-corrected chi connectivity index (χ0v) is 15.9. The highest BCUT2D eigenvalue weighted by molar-refractivity contribution is 6.32. The summed E-state index contributed by atoms with van der Waals surface area (Å²) in [5, 5.41) is 5.40. The number of nitrogens with zero attached hydrogens (tertiary/aromatic N) is 2. The van der Waals surface area contributed by atoms with Gasteiger partial charge in [-0.15, -0.1) is 0 Å². The Hall–Kier alpha value is -2.03. The Kier molecular flexibility index (Phi) is 6.32. The van der Waals surface area contributed by atoms with Gasteiger partial charge in [0, 0.05) is 38.3 Å². The first-order valence-corrected chi connectivity index (χ1v) is 9.67. The van der Waals surface area contributed by atoms with Crippen LogP contribution in [0.1, 0.15) is 37.7 Å². The van der Waals surface area contributed by atoms with Crippen LogP contribution in [-0.4, -0.2) is 47.4 Å². The average Bonchev–Trinajstić information content (AvgIpc) is 3.28. The summed E-state index contributed by atoms with van der Waals surface area (Å²) >= 11 is 5.82. The summed E-state index contributed by atoms with van der Waals surface area (Å²) in [4.78, 5) is 30.0. The molecule has 0 spiro atoms. The third kappa shape index (κ3) is 4.87. The van der Waals surface area contributed by atoms with Crippen LogP contribution in [-0.2, 0) is 15.8 Å². The van der Waals surface area contributed by atoms with Crippen molar-refractivity contribution in [1.29, 1.82) is 0 Å². The predicted molar refractivity (Wildman–Crippen MR) is 97.8 cm³/mol. The molecule has 1 saturated carbocycles. The summed E-state index contributed by atoms with van der Waals surface area (Å²) in [7, 11) is 0. The van der Waals surface area contributed by atoms with Gasteiger partial charge in [0.15, 0.2) is 0 Å². The fraction of sp³-hybridized carbons (Fsp3) is 0.611. The number of alkyl halides is 3. The van der Waals surface area contributed by atoms with E-state index in [-0.39, 0.29) is 54.1 Å². The largest absolute Gasteiger partial charge is 0.417 e. The zero-order chi connectivity index (χ0) is 20.3. The van der Waals surface area contributed by atoms with Gasteiger partial charge in [0.1, 0.15) is 5.82 Å². The second kappa shape index (κ2) is 8.55. The van der Waals surface area contributed by atoms with E-state index in [1.54, 1.807) is 0 Å². The van der Waals surface area contributed by atoms with Crippen molar-refractivity contribution in [3.63, 3.8) is 0 Å². The molecule has 10 heteroatoms. The second-order valence-electron chi connectivity index (χ2n) is 7.16.